The van der Waals surface area contributed by atoms with Crippen molar-refractivity contribution in [2.75, 3.05) is 20.2 Å². The number of ketones is 3. The molecule has 0 saturated carbocycles. The summed E-state index contributed by atoms with van der Waals surface area (Å²) >= 11 is 0. The molecular formula is C34H31N3O6. The Morgan fingerprint density at radius 1 is 0.767 bits per heavy atom. The van der Waals surface area contributed by atoms with E-state index in [9.17, 15) is 19.2 Å². The number of hydrogen-bond acceptors (Lipinski definition) is 8. The van der Waals surface area contributed by atoms with E-state index in [-0.39, 0.29) is 41.3 Å². The Bertz CT molecular complexity index is 1610. The Hall–Kier alpha value is -5.18. The highest BCUT2D eigenvalue weighted by atomic mass is 16.5. The Morgan fingerprint density at radius 3 is 2.00 bits per heavy atom. The molecule has 0 spiro atoms. The van der Waals surface area contributed by atoms with Gasteiger partial charge in [0.1, 0.15) is 17.2 Å². The fourth-order valence-electron chi connectivity index (χ4n) is 4.92. The maximum atomic E-state index is 13.0. The van der Waals surface area contributed by atoms with Gasteiger partial charge < -0.3 is 14.4 Å². The minimum atomic E-state index is -0.218. The molecule has 0 bridgehead atoms. The highest BCUT2D eigenvalue weighted by Crippen LogP contribution is 2.24. The van der Waals surface area contributed by atoms with Gasteiger partial charge in [0.15, 0.2) is 17.3 Å². The van der Waals surface area contributed by atoms with Crippen molar-refractivity contribution in [3.63, 3.8) is 0 Å². The number of amides is 1. The Labute approximate surface area is 249 Å². The van der Waals surface area contributed by atoms with Crippen molar-refractivity contribution in [2.24, 2.45) is 5.92 Å². The highest BCUT2D eigenvalue weighted by molar-refractivity contribution is 5.99. The topological polar surface area (TPSA) is 116 Å². The molecule has 1 aliphatic rings. The number of pyridine rings is 2. The first-order valence-electron chi connectivity index (χ1n) is 14.0. The lowest BCUT2D eigenvalue weighted by Crippen LogP contribution is -2.40. The van der Waals surface area contributed by atoms with Gasteiger partial charge in [-0.1, -0.05) is 6.07 Å². The van der Waals surface area contributed by atoms with Gasteiger partial charge in [-0.25, -0.2) is 4.98 Å². The number of carbonyl (C=O) groups excluding carboxylic acids is 4. The number of likely N-dealkylation sites (tertiary alicyclic amines) is 1. The van der Waals surface area contributed by atoms with Gasteiger partial charge in [-0.2, -0.15) is 0 Å². The van der Waals surface area contributed by atoms with Crippen LogP contribution in [0, 0.1) is 5.92 Å². The summed E-state index contributed by atoms with van der Waals surface area (Å²) in [5.41, 5.74) is 2.60. The summed E-state index contributed by atoms with van der Waals surface area (Å²) in [7, 11) is 1.58. The van der Waals surface area contributed by atoms with Crippen LogP contribution in [0.25, 0.3) is 0 Å². The van der Waals surface area contributed by atoms with Gasteiger partial charge in [0, 0.05) is 60.6 Å². The van der Waals surface area contributed by atoms with E-state index in [4.69, 9.17) is 9.47 Å². The fourth-order valence-corrected chi connectivity index (χ4v) is 4.92. The van der Waals surface area contributed by atoms with Crippen LogP contribution in [0.1, 0.15) is 66.9 Å². The van der Waals surface area contributed by atoms with E-state index in [1.54, 1.807) is 91.0 Å². The number of aromatic nitrogens is 2. The molecule has 3 heterocycles. The molecule has 1 fully saturated rings. The van der Waals surface area contributed by atoms with Crippen molar-refractivity contribution < 1.29 is 28.7 Å². The van der Waals surface area contributed by atoms with E-state index in [1.165, 1.54) is 13.1 Å². The molecule has 0 N–H and O–H groups in total. The van der Waals surface area contributed by atoms with Crippen LogP contribution in [0.5, 0.6) is 17.4 Å². The molecule has 218 valence electrons. The number of hydrogen-bond donors (Lipinski definition) is 0. The summed E-state index contributed by atoms with van der Waals surface area (Å²) in [6.45, 7) is 2.43. The lowest BCUT2D eigenvalue weighted by Gasteiger charge is -2.31. The average molecular weight is 578 g/mol. The number of carbonyl (C=O) groups is 4. The third kappa shape index (κ3) is 7.19. The number of rotatable bonds is 10. The van der Waals surface area contributed by atoms with Crippen molar-refractivity contribution in [2.45, 2.75) is 26.2 Å². The third-order valence-electron chi connectivity index (χ3n) is 7.48. The molecule has 0 unspecified atom stereocenters. The van der Waals surface area contributed by atoms with Crippen LogP contribution >= 0.6 is 0 Å². The molecule has 9 heteroatoms. The van der Waals surface area contributed by atoms with Crippen LogP contribution in [0.4, 0.5) is 0 Å². The van der Waals surface area contributed by atoms with Gasteiger partial charge in [-0.3, -0.25) is 24.2 Å². The van der Waals surface area contributed by atoms with Crippen LogP contribution in [-0.4, -0.2) is 58.3 Å². The van der Waals surface area contributed by atoms with Crippen LogP contribution in [-0.2, 0) is 6.42 Å². The summed E-state index contributed by atoms with van der Waals surface area (Å²) < 4.78 is 10.9. The van der Waals surface area contributed by atoms with Crippen molar-refractivity contribution >= 4 is 23.3 Å². The number of piperidine rings is 1. The van der Waals surface area contributed by atoms with E-state index in [0.717, 1.165) is 0 Å². The minimum absolute atomic E-state index is 0.0222. The number of benzene rings is 2. The smallest absolute Gasteiger partial charge is 0.272 e. The van der Waals surface area contributed by atoms with Crippen LogP contribution < -0.4 is 9.47 Å². The predicted octanol–water partition coefficient (Wildman–Crippen LogP) is 5.64. The Kier molecular flexibility index (Phi) is 9.00. The monoisotopic (exact) mass is 577 g/mol. The average Bonchev–Trinajstić information content (AvgIpc) is 3.05. The van der Waals surface area contributed by atoms with Gasteiger partial charge in [-0.15, -0.1) is 0 Å². The summed E-state index contributed by atoms with van der Waals surface area (Å²) in [4.78, 5) is 60.4. The van der Waals surface area contributed by atoms with Crippen molar-refractivity contribution in [3.05, 3.63) is 113 Å². The molecule has 1 saturated heterocycles. The molecule has 9 nitrogen and oxygen atoms in total. The summed E-state index contributed by atoms with van der Waals surface area (Å²) in [5.74, 6) is 1.16. The molecule has 0 aliphatic carbocycles. The van der Waals surface area contributed by atoms with E-state index in [1.807, 2.05) is 0 Å². The van der Waals surface area contributed by atoms with Crippen LogP contribution in [0.2, 0.25) is 0 Å². The molecule has 43 heavy (non-hydrogen) atoms. The molecule has 1 amide bonds. The van der Waals surface area contributed by atoms with Gasteiger partial charge in [0.2, 0.25) is 5.88 Å². The highest BCUT2D eigenvalue weighted by Gasteiger charge is 2.29. The summed E-state index contributed by atoms with van der Waals surface area (Å²) in [6, 6.07) is 20.5. The van der Waals surface area contributed by atoms with Crippen LogP contribution in [0.3, 0.4) is 0 Å². The molecular weight excluding hydrogens is 546 g/mol. The van der Waals surface area contributed by atoms with Crippen molar-refractivity contribution in [1.82, 2.24) is 14.9 Å². The van der Waals surface area contributed by atoms with Gasteiger partial charge in [0.05, 0.1) is 7.11 Å². The first-order valence-corrected chi connectivity index (χ1v) is 14.0. The second kappa shape index (κ2) is 13.2. The number of nitrogens with zero attached hydrogens (tertiary/aromatic N) is 3. The number of ether oxygens (including phenoxy) is 2. The second-order valence-electron chi connectivity index (χ2n) is 10.4. The molecule has 2 aromatic carbocycles. The zero-order valence-electron chi connectivity index (χ0n) is 24.0. The molecule has 2 aromatic heterocycles. The Balaban J connectivity index is 1.11. The number of methoxy groups -OCH3 is 1. The molecule has 0 radical (unpaired) electrons. The maximum absolute atomic E-state index is 13.0. The molecule has 0 atom stereocenters. The zero-order chi connectivity index (χ0) is 30.3. The summed E-state index contributed by atoms with van der Waals surface area (Å²) in [5, 5.41) is 0. The van der Waals surface area contributed by atoms with Crippen molar-refractivity contribution in [1.29, 1.82) is 0 Å². The third-order valence-corrected chi connectivity index (χ3v) is 7.48. The van der Waals surface area contributed by atoms with Gasteiger partial charge >= 0.3 is 0 Å². The lowest BCUT2D eigenvalue weighted by atomic mass is 9.88. The minimum Gasteiger partial charge on any atom is -0.497 e. The summed E-state index contributed by atoms with van der Waals surface area (Å²) in [6.07, 6.45) is 4.27. The standard InChI is InChI=1S/C34H31N3O6/c1-22(38)24-4-11-29(12-5-24)43-32-14-3-23(20-36-32)19-31(39)27-8-13-30(35-21-27)34(41)37-17-15-26(16-18-37)33(40)25-6-9-28(42-2)10-7-25/h3-14,20-21,26H,15-19H2,1-2H3. The quantitative estimate of drug-likeness (QED) is 0.222. The largest absolute Gasteiger partial charge is 0.497 e. The zero-order valence-corrected chi connectivity index (χ0v) is 24.0. The Morgan fingerprint density at radius 2 is 1.42 bits per heavy atom. The predicted molar refractivity (Wildman–Crippen MR) is 159 cm³/mol. The second-order valence-corrected chi connectivity index (χ2v) is 10.4. The number of Topliss-reactive ketones (excluding diaryl/α,β-unsaturated/α-hetero) is 3. The first-order chi connectivity index (χ1) is 20.8. The first kappa shape index (κ1) is 29.3. The van der Waals surface area contributed by atoms with Crippen molar-refractivity contribution in [3.8, 4) is 17.4 Å². The van der Waals surface area contributed by atoms with E-state index in [2.05, 4.69) is 9.97 Å². The molecule has 4 aromatic rings. The maximum Gasteiger partial charge on any atom is 0.272 e. The van der Waals surface area contributed by atoms with Gasteiger partial charge in [0.25, 0.3) is 5.91 Å². The van der Waals surface area contributed by atoms with E-state index in [0.29, 0.717) is 65.6 Å². The SMILES string of the molecule is COc1ccc(C(=O)C2CCN(C(=O)c3ccc(C(=O)Cc4ccc(Oc5ccc(C(C)=O)cc5)nc4)cn3)CC2)cc1. The lowest BCUT2D eigenvalue weighted by molar-refractivity contribution is 0.0645. The molecule has 5 rings (SSSR count). The normalized spacial score (nSPS) is 13.3. The van der Waals surface area contributed by atoms with Crippen LogP contribution in [0.15, 0.2) is 85.2 Å². The van der Waals surface area contributed by atoms with E-state index >= 15 is 0 Å². The fraction of sp³-hybridized carbons (Fsp3) is 0.235. The van der Waals surface area contributed by atoms with E-state index < -0.39 is 0 Å². The molecule has 1 aliphatic heterocycles. The van der Waals surface area contributed by atoms with Gasteiger partial charge in [-0.05, 0) is 86.0 Å².